The summed E-state index contributed by atoms with van der Waals surface area (Å²) >= 11 is 5.85. The van der Waals surface area contributed by atoms with Crippen LogP contribution in [0.2, 0.25) is 5.15 Å². The maximum atomic E-state index is 5.93. The maximum absolute atomic E-state index is 5.93. The Morgan fingerprint density at radius 1 is 1.29 bits per heavy atom. The van der Waals surface area contributed by atoms with Crippen LogP contribution in [0.4, 0.5) is 11.6 Å². The summed E-state index contributed by atoms with van der Waals surface area (Å²) in [6.07, 6.45) is 5.40. The number of nitrogens with zero attached hydrogens (tertiary/aromatic N) is 4. The van der Waals surface area contributed by atoms with Gasteiger partial charge >= 0.3 is 0 Å². The van der Waals surface area contributed by atoms with Crippen molar-refractivity contribution in [3.63, 3.8) is 0 Å². The van der Waals surface area contributed by atoms with E-state index in [4.69, 9.17) is 21.1 Å². The van der Waals surface area contributed by atoms with Crippen LogP contribution < -0.4 is 14.8 Å². The van der Waals surface area contributed by atoms with Gasteiger partial charge in [-0.25, -0.2) is 15.0 Å². The van der Waals surface area contributed by atoms with Crippen LogP contribution in [-0.4, -0.2) is 53.2 Å². The van der Waals surface area contributed by atoms with Gasteiger partial charge in [0.25, 0.3) is 5.88 Å². The highest BCUT2D eigenvalue weighted by atomic mass is 35.5. The molecule has 1 N–H and O–H groups in total. The number of aromatic nitrogens is 3. The highest BCUT2D eigenvalue weighted by molar-refractivity contribution is 6.29. The number of rotatable bonds is 6. The van der Waals surface area contributed by atoms with E-state index in [1.807, 2.05) is 0 Å². The van der Waals surface area contributed by atoms with E-state index in [2.05, 4.69) is 39.3 Å². The lowest BCUT2D eigenvalue weighted by Gasteiger charge is -2.39. The summed E-state index contributed by atoms with van der Waals surface area (Å²) in [5.74, 6) is 1.46. The number of anilines is 2. The second-order valence-electron chi connectivity index (χ2n) is 5.89. The first-order valence-electron chi connectivity index (χ1n) is 7.68. The number of ether oxygens (including phenoxy) is 2. The van der Waals surface area contributed by atoms with Crippen molar-refractivity contribution in [2.45, 2.75) is 25.0 Å². The van der Waals surface area contributed by atoms with Crippen LogP contribution >= 0.6 is 11.6 Å². The molecule has 1 aliphatic rings. The van der Waals surface area contributed by atoms with Crippen LogP contribution in [0, 0.1) is 0 Å². The normalized spacial score (nSPS) is 19.7. The van der Waals surface area contributed by atoms with Gasteiger partial charge in [0.2, 0.25) is 5.95 Å². The average Bonchev–Trinajstić information content (AvgIpc) is 2.51. The summed E-state index contributed by atoms with van der Waals surface area (Å²) in [6.45, 7) is 0. The highest BCUT2D eigenvalue weighted by Crippen LogP contribution is 2.33. The summed E-state index contributed by atoms with van der Waals surface area (Å²) in [4.78, 5) is 14.7. The molecule has 24 heavy (non-hydrogen) atoms. The molecule has 8 heteroatoms. The van der Waals surface area contributed by atoms with Gasteiger partial charge in [-0.3, -0.25) is 0 Å². The second-order valence-corrected chi connectivity index (χ2v) is 6.28. The van der Waals surface area contributed by atoms with Gasteiger partial charge in [-0.15, -0.1) is 0 Å². The molecular formula is C16H20ClN5O2. The van der Waals surface area contributed by atoms with E-state index < -0.39 is 0 Å². The predicted octanol–water partition coefficient (Wildman–Crippen LogP) is 2.75. The van der Waals surface area contributed by atoms with E-state index in [-0.39, 0.29) is 6.10 Å². The zero-order valence-corrected chi connectivity index (χ0v) is 14.6. The Balaban J connectivity index is 1.67. The minimum Gasteiger partial charge on any atom is -0.491 e. The zero-order valence-electron chi connectivity index (χ0n) is 13.9. The van der Waals surface area contributed by atoms with Crippen molar-refractivity contribution in [3.8, 4) is 11.6 Å². The third kappa shape index (κ3) is 3.85. The van der Waals surface area contributed by atoms with E-state index in [1.165, 1.54) is 0 Å². The van der Waals surface area contributed by atoms with Gasteiger partial charge in [-0.2, -0.15) is 0 Å². The molecule has 0 amide bonds. The molecule has 0 aromatic carbocycles. The van der Waals surface area contributed by atoms with Gasteiger partial charge in [0.15, 0.2) is 5.75 Å². The van der Waals surface area contributed by atoms with Crippen LogP contribution in [0.3, 0.4) is 0 Å². The first kappa shape index (κ1) is 16.7. The molecule has 0 spiro atoms. The minimum atomic E-state index is 0.175. The minimum absolute atomic E-state index is 0.175. The van der Waals surface area contributed by atoms with Crippen molar-refractivity contribution >= 4 is 23.2 Å². The first-order chi connectivity index (χ1) is 11.5. The maximum Gasteiger partial charge on any atom is 0.257 e. The van der Waals surface area contributed by atoms with E-state index in [1.54, 1.807) is 31.6 Å². The molecule has 1 saturated carbocycles. The summed E-state index contributed by atoms with van der Waals surface area (Å²) in [6, 6.07) is 3.98. The Kier molecular flexibility index (Phi) is 5.01. The molecule has 128 valence electrons. The van der Waals surface area contributed by atoms with Crippen LogP contribution in [-0.2, 0) is 0 Å². The van der Waals surface area contributed by atoms with Crippen molar-refractivity contribution in [1.82, 2.24) is 19.9 Å². The standard InChI is InChI=1S/C16H20ClN5O2/c1-22(2)11-7-12(8-11)24-15-13(23-3)6-10(9-19-15)20-16-18-5-4-14(17)21-16/h4-6,9,11-12H,7-8H2,1-3H3,(H,18,20,21). The van der Waals surface area contributed by atoms with Crippen molar-refractivity contribution in [3.05, 3.63) is 29.7 Å². The number of methoxy groups -OCH3 is 1. The molecule has 0 bridgehead atoms. The fourth-order valence-corrected chi connectivity index (χ4v) is 2.61. The second kappa shape index (κ2) is 7.19. The molecule has 2 aromatic heterocycles. The van der Waals surface area contributed by atoms with Crippen LogP contribution in [0.25, 0.3) is 0 Å². The molecular weight excluding hydrogens is 330 g/mol. The van der Waals surface area contributed by atoms with Crippen LogP contribution in [0.1, 0.15) is 12.8 Å². The molecule has 0 aliphatic heterocycles. The fraction of sp³-hybridized carbons (Fsp3) is 0.438. The third-order valence-corrected chi connectivity index (χ3v) is 4.20. The van der Waals surface area contributed by atoms with E-state index in [0.717, 1.165) is 12.8 Å². The molecule has 0 atom stereocenters. The molecule has 0 radical (unpaired) electrons. The van der Waals surface area contributed by atoms with Crippen LogP contribution in [0.15, 0.2) is 24.5 Å². The Labute approximate surface area is 146 Å². The zero-order chi connectivity index (χ0) is 17.1. The van der Waals surface area contributed by atoms with E-state index in [9.17, 15) is 0 Å². The molecule has 0 unspecified atom stereocenters. The lowest BCUT2D eigenvalue weighted by Crippen LogP contribution is -2.46. The molecule has 3 rings (SSSR count). The van der Waals surface area contributed by atoms with Crippen molar-refractivity contribution in [1.29, 1.82) is 0 Å². The molecule has 0 saturated heterocycles. The van der Waals surface area contributed by atoms with Gasteiger partial charge in [0.1, 0.15) is 11.3 Å². The number of hydrogen-bond acceptors (Lipinski definition) is 7. The van der Waals surface area contributed by atoms with Crippen molar-refractivity contribution < 1.29 is 9.47 Å². The predicted molar refractivity (Wildman–Crippen MR) is 92.2 cm³/mol. The van der Waals surface area contributed by atoms with Crippen LogP contribution in [0.5, 0.6) is 11.6 Å². The number of pyridine rings is 1. The summed E-state index contributed by atoms with van der Waals surface area (Å²) in [7, 11) is 5.75. The van der Waals surface area contributed by atoms with Gasteiger partial charge in [0.05, 0.1) is 19.0 Å². The Hall–Kier alpha value is -2.12. The smallest absolute Gasteiger partial charge is 0.257 e. The topological polar surface area (TPSA) is 72.4 Å². The molecule has 1 fully saturated rings. The number of nitrogens with one attached hydrogen (secondary N) is 1. The molecule has 2 aromatic rings. The lowest BCUT2D eigenvalue weighted by atomic mass is 9.88. The molecule has 2 heterocycles. The average molecular weight is 350 g/mol. The van der Waals surface area contributed by atoms with Gasteiger partial charge in [-0.1, -0.05) is 11.6 Å². The summed E-state index contributed by atoms with van der Waals surface area (Å²) < 4.78 is 11.3. The first-order valence-corrected chi connectivity index (χ1v) is 8.05. The number of hydrogen-bond donors (Lipinski definition) is 1. The fourth-order valence-electron chi connectivity index (χ4n) is 2.47. The third-order valence-electron chi connectivity index (χ3n) is 3.99. The quantitative estimate of drug-likeness (QED) is 0.804. The van der Waals surface area contributed by atoms with Crippen molar-refractivity contribution in [2.75, 3.05) is 26.5 Å². The highest BCUT2D eigenvalue weighted by Gasteiger charge is 2.33. The molecule has 7 nitrogen and oxygen atoms in total. The van der Waals surface area contributed by atoms with E-state index >= 15 is 0 Å². The van der Waals surface area contributed by atoms with Gasteiger partial charge < -0.3 is 19.7 Å². The largest absolute Gasteiger partial charge is 0.491 e. The monoisotopic (exact) mass is 349 g/mol. The summed E-state index contributed by atoms with van der Waals surface area (Å²) in [5, 5.41) is 3.41. The lowest BCUT2D eigenvalue weighted by molar-refractivity contribution is 0.0351. The Bertz CT molecular complexity index is 707. The SMILES string of the molecule is COc1cc(Nc2nccc(Cl)n2)cnc1OC1CC(N(C)C)C1. The molecule has 1 aliphatic carbocycles. The van der Waals surface area contributed by atoms with Gasteiger partial charge in [-0.05, 0) is 20.2 Å². The van der Waals surface area contributed by atoms with Crippen molar-refractivity contribution in [2.24, 2.45) is 0 Å². The van der Waals surface area contributed by atoms with Gasteiger partial charge in [0, 0.05) is 31.1 Å². The summed E-state index contributed by atoms with van der Waals surface area (Å²) in [5.41, 5.74) is 0.696. The van der Waals surface area contributed by atoms with E-state index in [0.29, 0.717) is 34.5 Å². The Morgan fingerprint density at radius 3 is 2.75 bits per heavy atom. The number of halogens is 1. The Morgan fingerprint density at radius 2 is 2.08 bits per heavy atom.